The van der Waals surface area contributed by atoms with Gasteiger partial charge in [-0.3, -0.25) is 4.79 Å². The maximum Gasteiger partial charge on any atom is 0.311 e. The van der Waals surface area contributed by atoms with Crippen molar-refractivity contribution in [3.8, 4) is 0 Å². The average Bonchev–Trinajstić information content (AvgIpc) is 2.33. The van der Waals surface area contributed by atoms with E-state index < -0.39 is 31.9 Å². The van der Waals surface area contributed by atoms with Gasteiger partial charge in [-0.1, -0.05) is 0 Å². The molecule has 0 saturated carbocycles. The predicted octanol–water partition coefficient (Wildman–Crippen LogP) is -1.44. The van der Waals surface area contributed by atoms with Gasteiger partial charge in [-0.25, -0.2) is 0 Å². The van der Waals surface area contributed by atoms with Crippen LogP contribution in [0.1, 0.15) is 6.42 Å². The molecule has 2 N–H and O–H groups in total. The van der Waals surface area contributed by atoms with E-state index in [1.807, 2.05) is 0 Å². The summed E-state index contributed by atoms with van der Waals surface area (Å²) in [5.74, 6) is -0.466. The number of carbonyl (C=O) groups is 1. The van der Waals surface area contributed by atoms with Crippen LogP contribution in [0.15, 0.2) is 0 Å². The SMILES string of the molecule is O=C1CC(OCO)C(OCO)O1. The first-order valence-corrected chi connectivity index (χ1v) is 3.42. The van der Waals surface area contributed by atoms with Gasteiger partial charge in [-0.15, -0.1) is 0 Å². The van der Waals surface area contributed by atoms with Crippen LogP contribution < -0.4 is 0 Å². The Hall–Kier alpha value is -0.690. The Morgan fingerprint density at radius 2 is 2.08 bits per heavy atom. The largest absolute Gasteiger partial charge is 0.433 e. The Bertz CT molecular complexity index is 142. The van der Waals surface area contributed by atoms with Gasteiger partial charge >= 0.3 is 5.97 Å². The summed E-state index contributed by atoms with van der Waals surface area (Å²) in [5, 5.41) is 16.8. The molecule has 1 aliphatic rings. The Morgan fingerprint density at radius 3 is 2.67 bits per heavy atom. The van der Waals surface area contributed by atoms with E-state index in [-0.39, 0.29) is 6.42 Å². The molecule has 0 aliphatic carbocycles. The van der Waals surface area contributed by atoms with E-state index in [2.05, 4.69) is 9.47 Å². The molecule has 0 spiro atoms. The highest BCUT2D eigenvalue weighted by Crippen LogP contribution is 2.18. The molecule has 6 nitrogen and oxygen atoms in total. The summed E-state index contributed by atoms with van der Waals surface area (Å²) < 4.78 is 13.9. The van der Waals surface area contributed by atoms with Crippen LogP contribution in [0.25, 0.3) is 0 Å². The quantitative estimate of drug-likeness (QED) is 0.405. The fourth-order valence-electron chi connectivity index (χ4n) is 0.962. The lowest BCUT2D eigenvalue weighted by Crippen LogP contribution is -2.28. The van der Waals surface area contributed by atoms with Crippen LogP contribution in [0.2, 0.25) is 0 Å². The first-order chi connectivity index (χ1) is 5.77. The van der Waals surface area contributed by atoms with Crippen LogP contribution in [0.5, 0.6) is 0 Å². The monoisotopic (exact) mass is 178 g/mol. The summed E-state index contributed by atoms with van der Waals surface area (Å²) in [6, 6.07) is 0. The molecule has 1 heterocycles. The molecular formula is C6H10O6. The van der Waals surface area contributed by atoms with E-state index in [0.717, 1.165) is 0 Å². The minimum absolute atomic E-state index is 0.0330. The van der Waals surface area contributed by atoms with Gasteiger partial charge in [0, 0.05) is 0 Å². The molecule has 2 unspecified atom stereocenters. The zero-order valence-electron chi connectivity index (χ0n) is 6.30. The van der Waals surface area contributed by atoms with Crippen LogP contribution >= 0.6 is 0 Å². The average molecular weight is 178 g/mol. The van der Waals surface area contributed by atoms with Crippen molar-refractivity contribution in [3.63, 3.8) is 0 Å². The summed E-state index contributed by atoms with van der Waals surface area (Å²) >= 11 is 0. The second-order valence-electron chi connectivity index (χ2n) is 2.19. The Balaban J connectivity index is 2.41. The highest BCUT2D eigenvalue weighted by molar-refractivity contribution is 5.72. The molecule has 0 aromatic rings. The molecule has 0 aromatic carbocycles. The number of hydrogen-bond acceptors (Lipinski definition) is 6. The molecule has 70 valence electrons. The third kappa shape index (κ3) is 2.15. The lowest BCUT2D eigenvalue weighted by atomic mass is 10.3. The number of esters is 1. The third-order valence-electron chi connectivity index (χ3n) is 1.45. The van der Waals surface area contributed by atoms with E-state index in [4.69, 9.17) is 14.9 Å². The number of carbonyl (C=O) groups excluding carboxylic acids is 1. The minimum atomic E-state index is -0.908. The molecule has 2 atom stereocenters. The third-order valence-corrected chi connectivity index (χ3v) is 1.45. The number of hydrogen-bond donors (Lipinski definition) is 2. The van der Waals surface area contributed by atoms with Crippen LogP contribution in [-0.2, 0) is 19.0 Å². The van der Waals surface area contributed by atoms with Gasteiger partial charge in [0.05, 0.1) is 6.42 Å². The molecule has 1 saturated heterocycles. The van der Waals surface area contributed by atoms with E-state index in [1.165, 1.54) is 0 Å². The van der Waals surface area contributed by atoms with Crippen LogP contribution in [0.4, 0.5) is 0 Å². The summed E-state index contributed by atoms with van der Waals surface area (Å²) in [5.41, 5.74) is 0. The van der Waals surface area contributed by atoms with Gasteiger partial charge in [0.2, 0.25) is 6.29 Å². The van der Waals surface area contributed by atoms with Gasteiger partial charge in [0.25, 0.3) is 0 Å². The lowest BCUT2D eigenvalue weighted by molar-refractivity contribution is -0.210. The fraction of sp³-hybridized carbons (Fsp3) is 0.833. The standard InChI is InChI=1S/C6H10O6/c7-2-10-4-1-5(9)12-6(4)11-3-8/h4,6-8H,1-3H2. The molecule has 0 bridgehead atoms. The lowest BCUT2D eigenvalue weighted by Gasteiger charge is -2.15. The maximum atomic E-state index is 10.7. The topological polar surface area (TPSA) is 85.2 Å². The fourth-order valence-corrected chi connectivity index (χ4v) is 0.962. The molecule has 0 radical (unpaired) electrons. The van der Waals surface area contributed by atoms with Gasteiger partial charge in [-0.05, 0) is 0 Å². The van der Waals surface area contributed by atoms with Crippen molar-refractivity contribution in [2.45, 2.75) is 18.8 Å². The number of aliphatic hydroxyl groups excluding tert-OH is 2. The predicted molar refractivity (Wildman–Crippen MR) is 34.6 cm³/mol. The Labute approximate surface area is 68.6 Å². The molecular weight excluding hydrogens is 168 g/mol. The zero-order chi connectivity index (χ0) is 8.97. The number of rotatable bonds is 4. The number of ether oxygens (including phenoxy) is 3. The zero-order valence-corrected chi connectivity index (χ0v) is 6.30. The van der Waals surface area contributed by atoms with Crippen molar-refractivity contribution in [2.75, 3.05) is 13.6 Å². The Kier molecular flexibility index (Phi) is 3.42. The molecule has 0 aromatic heterocycles. The molecule has 1 fully saturated rings. The van der Waals surface area contributed by atoms with Crippen molar-refractivity contribution in [2.24, 2.45) is 0 Å². The van der Waals surface area contributed by atoms with Gasteiger partial charge < -0.3 is 24.4 Å². The van der Waals surface area contributed by atoms with E-state index in [0.29, 0.717) is 0 Å². The molecule has 12 heavy (non-hydrogen) atoms. The van der Waals surface area contributed by atoms with Gasteiger partial charge in [0.15, 0.2) is 0 Å². The van der Waals surface area contributed by atoms with Crippen molar-refractivity contribution in [3.05, 3.63) is 0 Å². The smallest absolute Gasteiger partial charge is 0.311 e. The van der Waals surface area contributed by atoms with Gasteiger partial charge in [0.1, 0.15) is 19.7 Å². The van der Waals surface area contributed by atoms with E-state index in [1.54, 1.807) is 0 Å². The van der Waals surface area contributed by atoms with Gasteiger partial charge in [-0.2, -0.15) is 0 Å². The normalized spacial score (nSPS) is 29.0. The summed E-state index contributed by atoms with van der Waals surface area (Å²) in [7, 11) is 0. The van der Waals surface area contributed by atoms with Crippen LogP contribution in [0, 0.1) is 0 Å². The molecule has 1 aliphatic heterocycles. The van der Waals surface area contributed by atoms with E-state index >= 15 is 0 Å². The second kappa shape index (κ2) is 4.36. The van der Waals surface area contributed by atoms with Crippen molar-refractivity contribution >= 4 is 5.97 Å². The second-order valence-corrected chi connectivity index (χ2v) is 2.19. The van der Waals surface area contributed by atoms with Crippen molar-refractivity contribution in [1.82, 2.24) is 0 Å². The molecule has 6 heteroatoms. The van der Waals surface area contributed by atoms with Crippen molar-refractivity contribution < 1.29 is 29.2 Å². The van der Waals surface area contributed by atoms with Crippen LogP contribution in [-0.4, -0.2) is 42.2 Å². The summed E-state index contributed by atoms with van der Waals surface area (Å²) in [6.07, 6.45) is -1.50. The summed E-state index contributed by atoms with van der Waals surface area (Å²) in [4.78, 5) is 10.7. The first-order valence-electron chi connectivity index (χ1n) is 3.42. The van der Waals surface area contributed by atoms with Crippen molar-refractivity contribution in [1.29, 1.82) is 0 Å². The molecule has 1 rings (SSSR count). The first kappa shape index (κ1) is 9.40. The maximum absolute atomic E-state index is 10.7. The van der Waals surface area contributed by atoms with E-state index in [9.17, 15) is 4.79 Å². The Morgan fingerprint density at radius 1 is 1.42 bits per heavy atom. The highest BCUT2D eigenvalue weighted by Gasteiger charge is 2.36. The minimum Gasteiger partial charge on any atom is -0.433 e. The molecule has 0 amide bonds. The number of aliphatic hydroxyl groups is 2. The highest BCUT2D eigenvalue weighted by atomic mass is 16.8. The summed E-state index contributed by atoms with van der Waals surface area (Å²) in [6.45, 7) is -1.06. The number of cyclic esters (lactones) is 1. The van der Waals surface area contributed by atoms with Crippen LogP contribution in [0.3, 0.4) is 0 Å².